The van der Waals surface area contributed by atoms with Crippen LogP contribution in [-0.2, 0) is 6.54 Å². The van der Waals surface area contributed by atoms with Crippen molar-refractivity contribution in [1.29, 1.82) is 0 Å². The number of nitrogens with one attached hydrogen (secondary N) is 3. The van der Waals surface area contributed by atoms with Crippen molar-refractivity contribution in [1.82, 2.24) is 5.32 Å². The first kappa shape index (κ1) is 18.3. The number of urea groups is 1. The van der Waals surface area contributed by atoms with Crippen LogP contribution in [0.4, 0.5) is 16.2 Å². The second-order valence-corrected chi connectivity index (χ2v) is 7.20. The number of carbonyl (C=O) groups excluding carboxylic acids is 2. The number of halogens is 2. The zero-order valence-corrected chi connectivity index (χ0v) is 16.1. The van der Waals surface area contributed by atoms with Crippen molar-refractivity contribution in [3.8, 4) is 11.1 Å². The Morgan fingerprint density at radius 3 is 2.21 bits per heavy atom. The third kappa shape index (κ3) is 3.81. The first-order valence-electron chi connectivity index (χ1n) is 8.54. The summed E-state index contributed by atoms with van der Waals surface area (Å²) in [6.45, 7) is 0.523. The molecule has 0 saturated carbocycles. The predicted octanol–water partition coefficient (Wildman–Crippen LogP) is 5.55. The molecule has 0 fully saturated rings. The Labute approximate surface area is 171 Å². The highest BCUT2D eigenvalue weighted by molar-refractivity contribution is 6.35. The van der Waals surface area contributed by atoms with Crippen LogP contribution in [0.1, 0.15) is 15.9 Å². The molecule has 5 nitrogen and oxygen atoms in total. The number of hydrogen-bond donors (Lipinski definition) is 3. The zero-order valence-electron chi connectivity index (χ0n) is 14.6. The molecule has 3 aromatic rings. The summed E-state index contributed by atoms with van der Waals surface area (Å²) in [5.41, 5.74) is 4.81. The number of benzene rings is 3. The molecule has 7 heteroatoms. The molecule has 3 N–H and O–H groups in total. The molecule has 140 valence electrons. The quantitative estimate of drug-likeness (QED) is 0.528. The highest BCUT2D eigenvalue weighted by atomic mass is 35.5. The van der Waals surface area contributed by atoms with E-state index < -0.39 is 6.03 Å². The normalized spacial score (nSPS) is 12.3. The Bertz CT molecular complexity index is 1060. The van der Waals surface area contributed by atoms with Crippen LogP contribution in [0.3, 0.4) is 0 Å². The van der Waals surface area contributed by atoms with Gasteiger partial charge in [-0.3, -0.25) is 4.79 Å². The average Bonchev–Trinajstić information content (AvgIpc) is 3.03. The molecule has 0 atom stereocenters. The molecule has 0 spiro atoms. The van der Waals surface area contributed by atoms with Crippen LogP contribution in [0.2, 0.25) is 10.0 Å². The minimum Gasteiger partial charge on any atom is -0.348 e. The topological polar surface area (TPSA) is 70.2 Å². The van der Waals surface area contributed by atoms with Gasteiger partial charge in [-0.05, 0) is 53.1 Å². The first-order chi connectivity index (χ1) is 13.5. The molecule has 3 amide bonds. The van der Waals surface area contributed by atoms with Gasteiger partial charge in [0.15, 0.2) is 0 Å². The van der Waals surface area contributed by atoms with Gasteiger partial charge in [-0.2, -0.15) is 0 Å². The molecule has 1 aliphatic rings. The second-order valence-electron chi connectivity index (χ2n) is 6.33. The lowest BCUT2D eigenvalue weighted by molar-refractivity contribution is 0.0965. The van der Waals surface area contributed by atoms with Crippen LogP contribution in [0, 0.1) is 0 Å². The zero-order chi connectivity index (χ0) is 19.7. The van der Waals surface area contributed by atoms with Crippen molar-refractivity contribution < 1.29 is 9.59 Å². The lowest BCUT2D eigenvalue weighted by Crippen LogP contribution is -2.19. The predicted molar refractivity (Wildman–Crippen MR) is 112 cm³/mol. The fourth-order valence-corrected chi connectivity index (χ4v) is 3.70. The highest BCUT2D eigenvalue weighted by Crippen LogP contribution is 2.30. The molecular weight excluding hydrogens is 397 g/mol. The van der Waals surface area contributed by atoms with Crippen LogP contribution in [0.15, 0.2) is 60.7 Å². The monoisotopic (exact) mass is 411 g/mol. The van der Waals surface area contributed by atoms with Gasteiger partial charge in [-0.1, -0.05) is 47.5 Å². The number of rotatable bonds is 3. The van der Waals surface area contributed by atoms with E-state index in [4.69, 9.17) is 23.2 Å². The third-order valence-corrected chi connectivity index (χ3v) is 4.86. The molecule has 0 unspecified atom stereocenters. The summed E-state index contributed by atoms with van der Waals surface area (Å²) in [4.78, 5) is 24.0. The molecule has 28 heavy (non-hydrogen) atoms. The van der Waals surface area contributed by atoms with Crippen LogP contribution in [-0.4, -0.2) is 11.9 Å². The van der Waals surface area contributed by atoms with E-state index in [0.29, 0.717) is 33.5 Å². The lowest BCUT2D eigenvalue weighted by Gasteiger charge is -2.10. The molecule has 0 aromatic heterocycles. The molecule has 0 radical (unpaired) electrons. The second kappa shape index (κ2) is 7.54. The summed E-state index contributed by atoms with van der Waals surface area (Å²) in [7, 11) is 0. The van der Waals surface area contributed by atoms with E-state index in [1.807, 2.05) is 42.5 Å². The van der Waals surface area contributed by atoms with E-state index in [1.165, 1.54) is 0 Å². The van der Waals surface area contributed by atoms with E-state index in [1.54, 1.807) is 18.2 Å². The third-order valence-electron chi connectivity index (χ3n) is 4.42. The van der Waals surface area contributed by atoms with Gasteiger partial charge in [0.05, 0.1) is 0 Å². The number of amides is 3. The Morgan fingerprint density at radius 2 is 1.50 bits per heavy atom. The van der Waals surface area contributed by atoms with E-state index in [0.717, 1.165) is 16.7 Å². The summed E-state index contributed by atoms with van der Waals surface area (Å²) in [6.07, 6.45) is 0. The van der Waals surface area contributed by atoms with Crippen LogP contribution in [0.5, 0.6) is 0 Å². The van der Waals surface area contributed by atoms with Gasteiger partial charge in [0, 0.05) is 33.5 Å². The molecule has 3 aromatic carbocycles. The SMILES string of the molecule is O=C(Nc1ccc(-c2cccc3c2CNC3=O)cc1)Nc1cc(Cl)cc(Cl)c1. The van der Waals surface area contributed by atoms with Crippen LogP contribution >= 0.6 is 23.2 Å². The highest BCUT2D eigenvalue weighted by Gasteiger charge is 2.21. The van der Waals surface area contributed by atoms with Crippen molar-refractivity contribution >= 4 is 46.5 Å². The molecule has 1 aliphatic heterocycles. The number of anilines is 2. The maximum absolute atomic E-state index is 12.2. The van der Waals surface area contributed by atoms with E-state index in [-0.39, 0.29) is 5.91 Å². The fourth-order valence-electron chi connectivity index (χ4n) is 3.18. The summed E-state index contributed by atoms with van der Waals surface area (Å²) < 4.78 is 0. The summed E-state index contributed by atoms with van der Waals surface area (Å²) >= 11 is 11.9. The van der Waals surface area contributed by atoms with E-state index in [9.17, 15) is 9.59 Å². The fraction of sp³-hybridized carbons (Fsp3) is 0.0476. The van der Waals surface area contributed by atoms with Crippen molar-refractivity contribution in [2.24, 2.45) is 0 Å². The van der Waals surface area contributed by atoms with Crippen LogP contribution in [0.25, 0.3) is 11.1 Å². The molecular formula is C21H15Cl2N3O2. The first-order valence-corrected chi connectivity index (χ1v) is 9.30. The summed E-state index contributed by atoms with van der Waals surface area (Å²) in [5, 5.41) is 9.18. The van der Waals surface area contributed by atoms with Gasteiger partial charge in [0.1, 0.15) is 0 Å². The Morgan fingerprint density at radius 1 is 0.857 bits per heavy atom. The largest absolute Gasteiger partial charge is 0.348 e. The number of hydrogen-bond acceptors (Lipinski definition) is 2. The molecule has 0 aliphatic carbocycles. The molecule has 0 bridgehead atoms. The standard InChI is InChI=1S/C21H15Cl2N3O2/c22-13-8-14(23)10-16(9-13)26-21(28)25-15-6-4-12(5-7-15)17-2-1-3-18-19(17)11-24-20(18)27/h1-10H,11H2,(H,24,27)(H2,25,26,28). The lowest BCUT2D eigenvalue weighted by atomic mass is 9.97. The van der Waals surface area contributed by atoms with Gasteiger partial charge >= 0.3 is 6.03 Å². The van der Waals surface area contributed by atoms with Crippen molar-refractivity contribution in [3.05, 3.63) is 81.8 Å². The summed E-state index contributed by atoms with van der Waals surface area (Å²) in [5.74, 6) is -0.0482. The van der Waals surface area contributed by atoms with Crippen molar-refractivity contribution in [2.75, 3.05) is 10.6 Å². The van der Waals surface area contributed by atoms with Gasteiger partial charge in [0.25, 0.3) is 5.91 Å². The molecule has 0 saturated heterocycles. The smallest absolute Gasteiger partial charge is 0.323 e. The van der Waals surface area contributed by atoms with Gasteiger partial charge in [-0.15, -0.1) is 0 Å². The average molecular weight is 412 g/mol. The van der Waals surface area contributed by atoms with E-state index >= 15 is 0 Å². The number of carbonyl (C=O) groups is 2. The van der Waals surface area contributed by atoms with Gasteiger partial charge in [0.2, 0.25) is 0 Å². The van der Waals surface area contributed by atoms with Gasteiger partial charge in [-0.25, -0.2) is 4.79 Å². The maximum atomic E-state index is 12.2. The molecule has 4 rings (SSSR count). The van der Waals surface area contributed by atoms with E-state index in [2.05, 4.69) is 16.0 Å². The van der Waals surface area contributed by atoms with Crippen molar-refractivity contribution in [3.63, 3.8) is 0 Å². The van der Waals surface area contributed by atoms with Gasteiger partial charge < -0.3 is 16.0 Å². The van der Waals surface area contributed by atoms with Crippen molar-refractivity contribution in [2.45, 2.75) is 6.54 Å². The molecule has 1 heterocycles. The summed E-state index contributed by atoms with van der Waals surface area (Å²) in [6, 6.07) is 17.5. The maximum Gasteiger partial charge on any atom is 0.323 e. The minimum atomic E-state index is -0.401. The van der Waals surface area contributed by atoms with Crippen LogP contribution < -0.4 is 16.0 Å². The Balaban J connectivity index is 1.48. The number of fused-ring (bicyclic) bond motifs is 1. The Hall–Kier alpha value is -3.02. The minimum absolute atomic E-state index is 0.0482. The Kier molecular flexibility index (Phi) is 4.94.